The van der Waals surface area contributed by atoms with Crippen molar-refractivity contribution in [3.8, 4) is 5.75 Å². The summed E-state index contributed by atoms with van der Waals surface area (Å²) in [4.78, 5) is 12.8. The molecule has 8 heteroatoms. The van der Waals surface area contributed by atoms with Gasteiger partial charge in [-0.15, -0.1) is 0 Å². The number of ether oxygens (including phenoxy) is 1. The Labute approximate surface area is 181 Å². The van der Waals surface area contributed by atoms with E-state index in [1.54, 1.807) is 37.3 Å². The standard InChI is InChI=1S/C23H23FN2O4S/c1-17(19-12-6-9-15-22(19)30-2)25-23(27)16-26(21-14-8-7-13-20(21)24)31(28,29)18-10-4-3-5-11-18/h3-15,17H,16H2,1-2H3,(H,25,27)/t17-/m1/s1. The summed E-state index contributed by atoms with van der Waals surface area (Å²) in [7, 11) is -2.65. The number of sulfonamides is 1. The summed E-state index contributed by atoms with van der Waals surface area (Å²) in [6, 6.07) is 19.8. The summed E-state index contributed by atoms with van der Waals surface area (Å²) in [5, 5.41) is 2.77. The van der Waals surface area contributed by atoms with E-state index in [0.717, 1.165) is 15.9 Å². The van der Waals surface area contributed by atoms with Crippen LogP contribution < -0.4 is 14.4 Å². The maximum Gasteiger partial charge on any atom is 0.264 e. The van der Waals surface area contributed by atoms with Crippen molar-refractivity contribution in [2.45, 2.75) is 17.9 Å². The van der Waals surface area contributed by atoms with Crippen molar-refractivity contribution in [1.29, 1.82) is 0 Å². The van der Waals surface area contributed by atoms with Gasteiger partial charge in [-0.1, -0.05) is 48.5 Å². The highest BCUT2D eigenvalue weighted by molar-refractivity contribution is 7.92. The molecule has 3 rings (SSSR count). The SMILES string of the molecule is COc1ccccc1[C@@H](C)NC(=O)CN(c1ccccc1F)S(=O)(=O)c1ccccc1. The van der Waals surface area contributed by atoms with E-state index in [9.17, 15) is 17.6 Å². The zero-order valence-corrected chi connectivity index (χ0v) is 18.0. The largest absolute Gasteiger partial charge is 0.496 e. The number of amides is 1. The molecule has 1 atom stereocenters. The molecule has 0 saturated heterocycles. The fourth-order valence-electron chi connectivity index (χ4n) is 3.19. The number of hydrogen-bond acceptors (Lipinski definition) is 4. The third kappa shape index (κ3) is 5.03. The van der Waals surface area contributed by atoms with E-state index in [4.69, 9.17) is 4.74 Å². The third-order valence-corrected chi connectivity index (χ3v) is 6.50. The van der Waals surface area contributed by atoms with Crippen LogP contribution in [0.4, 0.5) is 10.1 Å². The van der Waals surface area contributed by atoms with E-state index in [-0.39, 0.29) is 10.6 Å². The molecule has 0 aliphatic heterocycles. The Morgan fingerprint density at radius 3 is 2.29 bits per heavy atom. The molecule has 0 unspecified atom stereocenters. The molecule has 1 N–H and O–H groups in total. The van der Waals surface area contributed by atoms with Crippen LogP contribution in [0.2, 0.25) is 0 Å². The number of nitrogens with zero attached hydrogens (tertiary/aromatic N) is 1. The number of methoxy groups -OCH3 is 1. The molecule has 0 aromatic heterocycles. The van der Waals surface area contributed by atoms with Gasteiger partial charge in [0, 0.05) is 5.56 Å². The van der Waals surface area contributed by atoms with Gasteiger partial charge in [0.05, 0.1) is 23.7 Å². The Morgan fingerprint density at radius 2 is 1.61 bits per heavy atom. The zero-order valence-electron chi connectivity index (χ0n) is 17.2. The molecule has 0 aliphatic rings. The van der Waals surface area contributed by atoms with Crippen molar-refractivity contribution in [2.75, 3.05) is 18.0 Å². The summed E-state index contributed by atoms with van der Waals surface area (Å²) in [5.41, 5.74) is 0.535. The summed E-state index contributed by atoms with van der Waals surface area (Å²) in [5.74, 6) is -0.730. The molecule has 0 saturated carbocycles. The van der Waals surface area contributed by atoms with Crippen molar-refractivity contribution in [1.82, 2.24) is 5.32 Å². The lowest BCUT2D eigenvalue weighted by Gasteiger charge is -2.25. The molecule has 0 heterocycles. The maximum absolute atomic E-state index is 14.5. The minimum atomic E-state index is -4.18. The van der Waals surface area contributed by atoms with Gasteiger partial charge in [-0.25, -0.2) is 12.8 Å². The maximum atomic E-state index is 14.5. The summed E-state index contributed by atoms with van der Waals surface area (Å²) in [6.45, 7) is 1.17. The van der Waals surface area contributed by atoms with Crippen molar-refractivity contribution >= 4 is 21.6 Å². The van der Waals surface area contributed by atoms with E-state index in [2.05, 4.69) is 5.32 Å². The molecule has 31 heavy (non-hydrogen) atoms. The Kier molecular flexibility index (Phi) is 6.91. The molecule has 0 radical (unpaired) electrons. The highest BCUT2D eigenvalue weighted by Gasteiger charge is 2.29. The Balaban J connectivity index is 1.90. The zero-order chi connectivity index (χ0) is 22.4. The highest BCUT2D eigenvalue weighted by Crippen LogP contribution is 2.27. The average molecular weight is 443 g/mol. The first-order valence-electron chi connectivity index (χ1n) is 9.59. The number of carbonyl (C=O) groups is 1. The third-order valence-electron chi connectivity index (χ3n) is 4.72. The van der Waals surface area contributed by atoms with Crippen LogP contribution in [0.3, 0.4) is 0 Å². The van der Waals surface area contributed by atoms with Gasteiger partial charge in [0.2, 0.25) is 5.91 Å². The van der Waals surface area contributed by atoms with E-state index in [1.165, 1.54) is 37.4 Å². The second-order valence-corrected chi connectivity index (χ2v) is 8.67. The predicted molar refractivity (Wildman–Crippen MR) is 117 cm³/mol. The minimum Gasteiger partial charge on any atom is -0.496 e. The van der Waals surface area contributed by atoms with Gasteiger partial charge in [-0.05, 0) is 37.3 Å². The second kappa shape index (κ2) is 9.61. The number of nitrogens with one attached hydrogen (secondary N) is 1. The Hall–Kier alpha value is -3.39. The quantitative estimate of drug-likeness (QED) is 0.574. The number of hydrogen-bond donors (Lipinski definition) is 1. The normalized spacial score (nSPS) is 12.1. The topological polar surface area (TPSA) is 75.7 Å². The van der Waals surface area contributed by atoms with Crippen LogP contribution in [0.25, 0.3) is 0 Å². The van der Waals surface area contributed by atoms with Gasteiger partial charge in [0.15, 0.2) is 0 Å². The van der Waals surface area contributed by atoms with Crippen LogP contribution in [0.1, 0.15) is 18.5 Å². The van der Waals surface area contributed by atoms with Crippen molar-refractivity contribution in [2.24, 2.45) is 0 Å². The predicted octanol–water partition coefficient (Wildman–Crippen LogP) is 3.91. The molecular weight excluding hydrogens is 419 g/mol. The van der Waals surface area contributed by atoms with Crippen LogP contribution in [-0.2, 0) is 14.8 Å². The summed E-state index contributed by atoms with van der Waals surface area (Å²) < 4.78 is 47.1. The number of anilines is 1. The molecule has 3 aromatic carbocycles. The Bertz CT molecular complexity index is 1150. The van der Waals surface area contributed by atoms with Crippen LogP contribution in [0, 0.1) is 5.82 Å². The van der Waals surface area contributed by atoms with E-state index in [1.807, 2.05) is 12.1 Å². The van der Waals surface area contributed by atoms with Gasteiger partial charge in [-0.3, -0.25) is 9.10 Å². The van der Waals surface area contributed by atoms with Gasteiger partial charge < -0.3 is 10.1 Å². The lowest BCUT2D eigenvalue weighted by Crippen LogP contribution is -2.42. The summed E-state index contributed by atoms with van der Waals surface area (Å²) in [6.07, 6.45) is 0. The fourth-order valence-corrected chi connectivity index (χ4v) is 4.64. The smallest absolute Gasteiger partial charge is 0.264 e. The van der Waals surface area contributed by atoms with E-state index in [0.29, 0.717) is 5.75 Å². The van der Waals surface area contributed by atoms with Gasteiger partial charge in [0.1, 0.15) is 18.1 Å². The molecule has 3 aromatic rings. The van der Waals surface area contributed by atoms with E-state index < -0.39 is 34.3 Å². The molecule has 0 aliphatic carbocycles. The fraction of sp³-hybridized carbons (Fsp3) is 0.174. The lowest BCUT2D eigenvalue weighted by atomic mass is 10.1. The van der Waals surface area contributed by atoms with Crippen LogP contribution in [0.15, 0.2) is 83.8 Å². The number of para-hydroxylation sites is 2. The first kappa shape index (κ1) is 22.3. The first-order chi connectivity index (χ1) is 14.8. The summed E-state index contributed by atoms with van der Waals surface area (Å²) >= 11 is 0. The second-order valence-electron chi connectivity index (χ2n) is 6.81. The minimum absolute atomic E-state index is 0.0381. The van der Waals surface area contributed by atoms with Crippen LogP contribution in [-0.4, -0.2) is 28.0 Å². The average Bonchev–Trinajstić information content (AvgIpc) is 2.78. The van der Waals surface area contributed by atoms with Crippen LogP contribution in [0.5, 0.6) is 5.75 Å². The molecule has 0 spiro atoms. The molecular formula is C23H23FN2O4S. The Morgan fingerprint density at radius 1 is 1.00 bits per heavy atom. The monoisotopic (exact) mass is 442 g/mol. The number of benzene rings is 3. The number of rotatable bonds is 8. The van der Waals surface area contributed by atoms with Crippen molar-refractivity contribution < 1.29 is 22.3 Å². The molecule has 0 bridgehead atoms. The molecule has 1 amide bonds. The number of carbonyl (C=O) groups excluding carboxylic acids is 1. The van der Waals surface area contributed by atoms with E-state index >= 15 is 0 Å². The molecule has 6 nitrogen and oxygen atoms in total. The van der Waals surface area contributed by atoms with Crippen molar-refractivity contribution in [3.05, 3.63) is 90.2 Å². The highest BCUT2D eigenvalue weighted by atomic mass is 32.2. The number of halogens is 1. The lowest BCUT2D eigenvalue weighted by molar-refractivity contribution is -0.120. The van der Waals surface area contributed by atoms with Crippen molar-refractivity contribution in [3.63, 3.8) is 0 Å². The van der Waals surface area contributed by atoms with Gasteiger partial charge in [-0.2, -0.15) is 0 Å². The first-order valence-corrected chi connectivity index (χ1v) is 11.0. The molecule has 0 fully saturated rings. The van der Waals surface area contributed by atoms with Gasteiger partial charge in [0.25, 0.3) is 10.0 Å². The molecule has 162 valence electrons. The van der Waals surface area contributed by atoms with Crippen LogP contribution >= 0.6 is 0 Å². The van der Waals surface area contributed by atoms with Gasteiger partial charge >= 0.3 is 0 Å².